The van der Waals surface area contributed by atoms with Gasteiger partial charge in [0.15, 0.2) is 0 Å². The molecule has 1 N–H and O–H groups in total. The van der Waals surface area contributed by atoms with E-state index in [2.05, 4.69) is 36.5 Å². The molecule has 1 aromatic heterocycles. The Hall–Kier alpha value is -1.70. The number of benzene rings is 1. The Morgan fingerprint density at radius 2 is 2.05 bits per heavy atom. The Bertz CT molecular complexity index is 530. The average molecular weight is 255 g/mol. The van der Waals surface area contributed by atoms with Gasteiger partial charge in [-0.05, 0) is 61.4 Å². The number of nitrogens with one attached hydrogen (secondary N) is 1. The minimum atomic E-state index is 0.267. The minimum absolute atomic E-state index is 0.267. The van der Waals surface area contributed by atoms with Gasteiger partial charge in [-0.15, -0.1) is 0 Å². The van der Waals surface area contributed by atoms with Crippen molar-refractivity contribution in [1.29, 1.82) is 0 Å². The molecule has 2 nitrogen and oxygen atoms in total. The van der Waals surface area contributed by atoms with E-state index in [0.29, 0.717) is 0 Å². The summed E-state index contributed by atoms with van der Waals surface area (Å²) in [6.07, 6.45) is 7.84. The zero-order valence-electron chi connectivity index (χ0n) is 11.5. The van der Waals surface area contributed by atoms with Crippen LogP contribution in [-0.2, 0) is 12.8 Å². The predicted octanol–water partition coefficient (Wildman–Crippen LogP) is 4.72. The van der Waals surface area contributed by atoms with E-state index in [1.807, 2.05) is 6.07 Å². The van der Waals surface area contributed by atoms with Crippen LogP contribution in [0.15, 0.2) is 41.0 Å². The van der Waals surface area contributed by atoms with Crippen LogP contribution in [0, 0.1) is 0 Å². The van der Waals surface area contributed by atoms with Crippen molar-refractivity contribution in [2.24, 2.45) is 0 Å². The molecule has 0 fully saturated rings. The summed E-state index contributed by atoms with van der Waals surface area (Å²) >= 11 is 0. The molecule has 3 rings (SSSR count). The fourth-order valence-electron chi connectivity index (χ4n) is 2.97. The van der Waals surface area contributed by atoms with Crippen molar-refractivity contribution in [3.8, 4) is 0 Å². The molecule has 1 aromatic carbocycles. The summed E-state index contributed by atoms with van der Waals surface area (Å²) in [4.78, 5) is 0. The summed E-state index contributed by atoms with van der Waals surface area (Å²) in [5.74, 6) is 1.02. The zero-order valence-corrected chi connectivity index (χ0v) is 11.5. The molecule has 0 amide bonds. The van der Waals surface area contributed by atoms with Gasteiger partial charge >= 0.3 is 0 Å². The molecule has 0 saturated heterocycles. The smallest absolute Gasteiger partial charge is 0.125 e. The standard InChI is InChI=1S/C17H21NO/c1-2-15(17-11-6-12-19-17)18-16-10-5-8-13-7-3-4-9-14(13)16/h5-6,8,10-12,15,18H,2-4,7,9H2,1H3. The van der Waals surface area contributed by atoms with Gasteiger partial charge in [0.05, 0.1) is 12.3 Å². The van der Waals surface area contributed by atoms with Gasteiger partial charge in [0.2, 0.25) is 0 Å². The second kappa shape index (κ2) is 5.52. The van der Waals surface area contributed by atoms with Gasteiger partial charge in [-0.2, -0.15) is 0 Å². The van der Waals surface area contributed by atoms with Gasteiger partial charge in [0.25, 0.3) is 0 Å². The van der Waals surface area contributed by atoms with Crippen LogP contribution in [-0.4, -0.2) is 0 Å². The molecule has 1 unspecified atom stereocenters. The Morgan fingerprint density at radius 3 is 2.84 bits per heavy atom. The number of aryl methyl sites for hydroxylation is 1. The number of fused-ring (bicyclic) bond motifs is 1. The van der Waals surface area contributed by atoms with Gasteiger partial charge in [0.1, 0.15) is 5.76 Å². The van der Waals surface area contributed by atoms with E-state index in [4.69, 9.17) is 4.42 Å². The molecule has 0 radical (unpaired) electrons. The molecule has 100 valence electrons. The van der Waals surface area contributed by atoms with Crippen molar-refractivity contribution in [2.75, 3.05) is 5.32 Å². The maximum atomic E-state index is 5.54. The van der Waals surface area contributed by atoms with Crippen molar-refractivity contribution in [2.45, 2.75) is 45.1 Å². The van der Waals surface area contributed by atoms with Crippen LogP contribution in [0.25, 0.3) is 0 Å². The quantitative estimate of drug-likeness (QED) is 0.855. The normalized spacial score (nSPS) is 15.8. The Balaban J connectivity index is 1.86. The van der Waals surface area contributed by atoms with Gasteiger partial charge in [-0.3, -0.25) is 0 Å². The van der Waals surface area contributed by atoms with E-state index in [0.717, 1.165) is 12.2 Å². The molecule has 2 aromatic rings. The molecule has 0 aliphatic heterocycles. The highest BCUT2D eigenvalue weighted by Gasteiger charge is 2.17. The third kappa shape index (κ3) is 2.53. The fraction of sp³-hybridized carbons (Fsp3) is 0.412. The topological polar surface area (TPSA) is 25.2 Å². The average Bonchev–Trinajstić information content (AvgIpc) is 2.99. The van der Waals surface area contributed by atoms with Crippen molar-refractivity contribution in [1.82, 2.24) is 0 Å². The van der Waals surface area contributed by atoms with Crippen LogP contribution in [0.5, 0.6) is 0 Å². The van der Waals surface area contributed by atoms with E-state index in [1.54, 1.807) is 6.26 Å². The molecule has 2 heteroatoms. The van der Waals surface area contributed by atoms with Crippen molar-refractivity contribution in [3.63, 3.8) is 0 Å². The monoisotopic (exact) mass is 255 g/mol. The van der Waals surface area contributed by atoms with E-state index >= 15 is 0 Å². The highest BCUT2D eigenvalue weighted by molar-refractivity contribution is 5.56. The molecular weight excluding hydrogens is 234 g/mol. The number of hydrogen-bond acceptors (Lipinski definition) is 2. The Kier molecular flexibility index (Phi) is 3.58. The summed E-state index contributed by atoms with van der Waals surface area (Å²) in [5, 5.41) is 3.67. The number of rotatable bonds is 4. The fourth-order valence-corrected chi connectivity index (χ4v) is 2.97. The molecule has 1 aliphatic carbocycles. The van der Waals surface area contributed by atoms with Gasteiger partial charge in [0, 0.05) is 5.69 Å². The molecule has 19 heavy (non-hydrogen) atoms. The number of anilines is 1. The van der Waals surface area contributed by atoms with Crippen LogP contribution in [0.1, 0.15) is 49.1 Å². The first-order valence-electron chi connectivity index (χ1n) is 7.29. The molecular formula is C17H21NO. The lowest BCUT2D eigenvalue weighted by Gasteiger charge is -2.23. The first-order valence-corrected chi connectivity index (χ1v) is 7.29. The van der Waals surface area contributed by atoms with Crippen LogP contribution in [0.3, 0.4) is 0 Å². The first kappa shape index (κ1) is 12.3. The minimum Gasteiger partial charge on any atom is -0.467 e. The van der Waals surface area contributed by atoms with Crippen molar-refractivity contribution < 1.29 is 4.42 Å². The summed E-state index contributed by atoms with van der Waals surface area (Å²) in [7, 11) is 0. The van der Waals surface area contributed by atoms with E-state index in [1.165, 1.54) is 42.5 Å². The van der Waals surface area contributed by atoms with E-state index in [9.17, 15) is 0 Å². The van der Waals surface area contributed by atoms with Crippen molar-refractivity contribution >= 4 is 5.69 Å². The zero-order chi connectivity index (χ0) is 13.1. The summed E-state index contributed by atoms with van der Waals surface area (Å²) < 4.78 is 5.54. The summed E-state index contributed by atoms with van der Waals surface area (Å²) in [5.41, 5.74) is 4.32. The lowest BCUT2D eigenvalue weighted by Crippen LogP contribution is -2.13. The SMILES string of the molecule is CCC(Nc1cccc2c1CCCC2)c1ccco1. The van der Waals surface area contributed by atoms with Gasteiger partial charge in [-0.1, -0.05) is 19.1 Å². The number of hydrogen-bond donors (Lipinski definition) is 1. The van der Waals surface area contributed by atoms with Crippen LogP contribution in [0.2, 0.25) is 0 Å². The lowest BCUT2D eigenvalue weighted by molar-refractivity contribution is 0.473. The Labute approximate surface area is 114 Å². The molecule has 0 spiro atoms. The third-order valence-electron chi connectivity index (χ3n) is 4.02. The third-order valence-corrected chi connectivity index (χ3v) is 4.02. The number of furan rings is 1. The maximum absolute atomic E-state index is 5.54. The van der Waals surface area contributed by atoms with Crippen molar-refractivity contribution in [3.05, 3.63) is 53.5 Å². The van der Waals surface area contributed by atoms with Gasteiger partial charge in [-0.25, -0.2) is 0 Å². The van der Waals surface area contributed by atoms with Crippen LogP contribution in [0.4, 0.5) is 5.69 Å². The largest absolute Gasteiger partial charge is 0.467 e. The second-order valence-electron chi connectivity index (χ2n) is 5.27. The first-order chi connectivity index (χ1) is 9.38. The molecule has 1 atom stereocenters. The maximum Gasteiger partial charge on any atom is 0.125 e. The summed E-state index contributed by atoms with van der Waals surface area (Å²) in [6, 6.07) is 10.9. The molecule has 0 bridgehead atoms. The summed E-state index contributed by atoms with van der Waals surface area (Å²) in [6.45, 7) is 2.19. The molecule has 1 aliphatic rings. The Morgan fingerprint density at radius 1 is 1.16 bits per heavy atom. The predicted molar refractivity (Wildman–Crippen MR) is 78.4 cm³/mol. The lowest BCUT2D eigenvalue weighted by atomic mass is 9.90. The van der Waals surface area contributed by atoms with E-state index < -0.39 is 0 Å². The van der Waals surface area contributed by atoms with Gasteiger partial charge < -0.3 is 9.73 Å². The van der Waals surface area contributed by atoms with Crippen LogP contribution < -0.4 is 5.32 Å². The molecule has 0 saturated carbocycles. The second-order valence-corrected chi connectivity index (χ2v) is 5.27. The van der Waals surface area contributed by atoms with Crippen LogP contribution >= 0.6 is 0 Å². The van der Waals surface area contributed by atoms with E-state index in [-0.39, 0.29) is 6.04 Å². The highest BCUT2D eigenvalue weighted by atomic mass is 16.3. The highest BCUT2D eigenvalue weighted by Crippen LogP contribution is 2.31. The molecule has 1 heterocycles.